The number of aromatic nitrogens is 4. The van der Waals surface area contributed by atoms with Gasteiger partial charge < -0.3 is 5.32 Å². The summed E-state index contributed by atoms with van der Waals surface area (Å²) in [5.74, 6) is 0.466. The van der Waals surface area contributed by atoms with Crippen molar-refractivity contribution in [1.29, 1.82) is 0 Å². The fourth-order valence-corrected chi connectivity index (χ4v) is 3.41. The number of carbonyl (C=O) groups excluding carboxylic acids is 1. The van der Waals surface area contributed by atoms with E-state index in [0.29, 0.717) is 17.0 Å². The molecule has 0 bridgehead atoms. The second-order valence-corrected chi connectivity index (χ2v) is 6.63. The second kappa shape index (κ2) is 6.48. The Kier molecular flexibility index (Phi) is 4.04. The molecule has 7 nitrogen and oxygen atoms in total. The fraction of sp³-hybridized carbons (Fsp3) is 0.312. The average molecular weight is 340 g/mol. The molecule has 3 aromatic rings. The van der Waals surface area contributed by atoms with Crippen LogP contribution in [0.1, 0.15) is 25.7 Å². The lowest BCUT2D eigenvalue weighted by Gasteiger charge is -2.12. The molecule has 2 N–H and O–H groups in total. The quantitative estimate of drug-likeness (QED) is 0.764. The first-order valence-corrected chi connectivity index (χ1v) is 8.76. The standard InChI is InChI=1S/C16H16N6OS/c23-16(19-10-3-1-2-4-10)22-14-6-5-11-15(21-14)20-12(7-18-11)13-8-17-9-24-13/h5-10H,1-4H2,(H2,19,20,21,22,23). The van der Waals surface area contributed by atoms with Gasteiger partial charge in [-0.2, -0.15) is 0 Å². The maximum Gasteiger partial charge on any atom is 0.320 e. The third-order valence-electron chi connectivity index (χ3n) is 4.02. The van der Waals surface area contributed by atoms with Crippen LogP contribution in [0.2, 0.25) is 0 Å². The molecule has 122 valence electrons. The largest absolute Gasteiger partial charge is 0.335 e. The summed E-state index contributed by atoms with van der Waals surface area (Å²) in [5, 5.41) is 5.75. The number of nitrogens with zero attached hydrogens (tertiary/aromatic N) is 4. The molecule has 0 radical (unpaired) electrons. The smallest absolute Gasteiger partial charge is 0.320 e. The summed E-state index contributed by atoms with van der Waals surface area (Å²) in [4.78, 5) is 30.3. The fourth-order valence-electron chi connectivity index (χ4n) is 2.84. The van der Waals surface area contributed by atoms with Gasteiger partial charge in [0.05, 0.1) is 16.6 Å². The van der Waals surface area contributed by atoms with E-state index in [4.69, 9.17) is 0 Å². The number of hydrogen-bond donors (Lipinski definition) is 2. The van der Waals surface area contributed by atoms with Crippen LogP contribution in [0.15, 0.2) is 30.0 Å². The lowest BCUT2D eigenvalue weighted by Crippen LogP contribution is -2.36. The van der Waals surface area contributed by atoms with Gasteiger partial charge in [0.1, 0.15) is 17.0 Å². The zero-order chi connectivity index (χ0) is 16.4. The molecular formula is C16H16N6OS. The Morgan fingerprint density at radius 3 is 2.83 bits per heavy atom. The topological polar surface area (TPSA) is 92.7 Å². The van der Waals surface area contributed by atoms with Crippen molar-refractivity contribution < 1.29 is 4.79 Å². The minimum absolute atomic E-state index is 0.222. The first kappa shape index (κ1) is 14.9. The van der Waals surface area contributed by atoms with Gasteiger partial charge in [-0.05, 0) is 25.0 Å². The van der Waals surface area contributed by atoms with Gasteiger partial charge in [-0.15, -0.1) is 11.3 Å². The van der Waals surface area contributed by atoms with Gasteiger partial charge in [0.25, 0.3) is 0 Å². The lowest BCUT2D eigenvalue weighted by molar-refractivity contribution is 0.248. The first-order valence-electron chi connectivity index (χ1n) is 7.88. The second-order valence-electron chi connectivity index (χ2n) is 5.74. The summed E-state index contributed by atoms with van der Waals surface area (Å²) in [6, 6.07) is 3.58. The molecule has 1 aliphatic carbocycles. The molecule has 1 saturated carbocycles. The minimum atomic E-state index is -0.222. The van der Waals surface area contributed by atoms with Crippen LogP contribution in [0.3, 0.4) is 0 Å². The number of nitrogens with one attached hydrogen (secondary N) is 2. The number of carbonyl (C=O) groups is 1. The Morgan fingerprint density at radius 2 is 2.04 bits per heavy atom. The van der Waals surface area contributed by atoms with E-state index in [0.717, 1.165) is 23.4 Å². The Hall–Kier alpha value is -2.61. The molecule has 0 atom stereocenters. The van der Waals surface area contributed by atoms with Crippen LogP contribution in [0, 0.1) is 0 Å². The van der Waals surface area contributed by atoms with Gasteiger partial charge in [0.15, 0.2) is 5.65 Å². The van der Waals surface area contributed by atoms with E-state index in [1.807, 2.05) is 0 Å². The Labute approximate surface area is 142 Å². The van der Waals surface area contributed by atoms with Crippen LogP contribution in [0.4, 0.5) is 10.6 Å². The molecule has 1 fully saturated rings. The summed E-state index contributed by atoms with van der Waals surface area (Å²) in [6.07, 6.45) is 7.89. The monoisotopic (exact) mass is 340 g/mol. The molecule has 0 unspecified atom stereocenters. The summed E-state index contributed by atoms with van der Waals surface area (Å²) in [6.45, 7) is 0. The summed E-state index contributed by atoms with van der Waals surface area (Å²) < 4.78 is 0. The first-order chi connectivity index (χ1) is 11.8. The SMILES string of the molecule is O=C(Nc1ccc2ncc(-c3cncs3)nc2n1)NC1CCCC1. The molecule has 3 aromatic heterocycles. The molecule has 0 aromatic carbocycles. The number of amides is 2. The van der Waals surface area contributed by atoms with E-state index in [-0.39, 0.29) is 12.1 Å². The third-order valence-corrected chi connectivity index (χ3v) is 4.82. The van der Waals surface area contributed by atoms with Crippen LogP contribution in [0.25, 0.3) is 21.7 Å². The molecule has 3 heterocycles. The summed E-state index contributed by atoms with van der Waals surface area (Å²) >= 11 is 1.50. The van der Waals surface area contributed by atoms with E-state index in [1.165, 1.54) is 24.2 Å². The summed E-state index contributed by atoms with van der Waals surface area (Å²) in [5.41, 5.74) is 3.66. The number of thiazole rings is 1. The van der Waals surface area contributed by atoms with Gasteiger partial charge in [-0.3, -0.25) is 15.3 Å². The average Bonchev–Trinajstić information content (AvgIpc) is 3.27. The summed E-state index contributed by atoms with van der Waals surface area (Å²) in [7, 11) is 0. The molecule has 0 saturated heterocycles. The van der Waals surface area contributed by atoms with Gasteiger partial charge >= 0.3 is 6.03 Å². The van der Waals surface area contributed by atoms with Gasteiger partial charge in [-0.25, -0.2) is 14.8 Å². The van der Waals surface area contributed by atoms with E-state index >= 15 is 0 Å². The predicted molar refractivity (Wildman–Crippen MR) is 92.9 cm³/mol. The van der Waals surface area contributed by atoms with Crippen molar-refractivity contribution in [2.45, 2.75) is 31.7 Å². The number of anilines is 1. The van der Waals surface area contributed by atoms with E-state index in [2.05, 4.69) is 30.6 Å². The van der Waals surface area contributed by atoms with Crippen LogP contribution < -0.4 is 10.6 Å². The Balaban J connectivity index is 1.54. The molecule has 24 heavy (non-hydrogen) atoms. The highest BCUT2D eigenvalue weighted by atomic mass is 32.1. The third kappa shape index (κ3) is 3.18. The highest BCUT2D eigenvalue weighted by molar-refractivity contribution is 7.13. The molecule has 0 spiro atoms. The van der Waals surface area contributed by atoms with Crippen molar-refractivity contribution in [2.75, 3.05) is 5.32 Å². The molecule has 1 aliphatic rings. The maximum absolute atomic E-state index is 12.1. The highest BCUT2D eigenvalue weighted by Gasteiger charge is 2.17. The lowest BCUT2D eigenvalue weighted by atomic mass is 10.2. The van der Waals surface area contributed by atoms with E-state index in [9.17, 15) is 4.79 Å². The van der Waals surface area contributed by atoms with Crippen LogP contribution >= 0.6 is 11.3 Å². The van der Waals surface area contributed by atoms with Gasteiger partial charge in [0, 0.05) is 12.2 Å². The maximum atomic E-state index is 12.1. The number of hydrogen-bond acceptors (Lipinski definition) is 6. The number of urea groups is 1. The zero-order valence-corrected chi connectivity index (χ0v) is 13.7. The normalized spacial score (nSPS) is 14.8. The van der Waals surface area contributed by atoms with Crippen molar-refractivity contribution in [3.05, 3.63) is 30.0 Å². The predicted octanol–water partition coefficient (Wildman–Crippen LogP) is 3.21. The van der Waals surface area contributed by atoms with E-state index in [1.54, 1.807) is 30.0 Å². The molecule has 2 amide bonds. The van der Waals surface area contributed by atoms with Crippen molar-refractivity contribution >= 4 is 34.3 Å². The van der Waals surface area contributed by atoms with Gasteiger partial charge in [-0.1, -0.05) is 12.8 Å². The highest BCUT2D eigenvalue weighted by Crippen LogP contribution is 2.22. The molecule has 4 rings (SSSR count). The van der Waals surface area contributed by atoms with Crippen LogP contribution in [-0.4, -0.2) is 32.0 Å². The van der Waals surface area contributed by atoms with Crippen LogP contribution in [0.5, 0.6) is 0 Å². The van der Waals surface area contributed by atoms with Crippen molar-refractivity contribution in [3.8, 4) is 10.6 Å². The minimum Gasteiger partial charge on any atom is -0.335 e. The molecule has 0 aliphatic heterocycles. The van der Waals surface area contributed by atoms with Crippen LogP contribution in [-0.2, 0) is 0 Å². The zero-order valence-electron chi connectivity index (χ0n) is 12.9. The van der Waals surface area contributed by atoms with Gasteiger partial charge in [0.2, 0.25) is 0 Å². The van der Waals surface area contributed by atoms with E-state index < -0.39 is 0 Å². The molecular weight excluding hydrogens is 324 g/mol. The Morgan fingerprint density at radius 1 is 1.17 bits per heavy atom. The van der Waals surface area contributed by atoms with Crippen molar-refractivity contribution in [2.24, 2.45) is 0 Å². The number of pyridine rings is 1. The van der Waals surface area contributed by atoms with Crippen molar-refractivity contribution in [3.63, 3.8) is 0 Å². The Bertz CT molecular complexity index is 860. The molecule has 8 heteroatoms. The number of rotatable bonds is 3. The number of fused-ring (bicyclic) bond motifs is 1. The van der Waals surface area contributed by atoms with Crippen molar-refractivity contribution in [1.82, 2.24) is 25.3 Å².